The molecule has 0 spiro atoms. The zero-order chi connectivity index (χ0) is 23.0. The van der Waals surface area contributed by atoms with E-state index in [2.05, 4.69) is 9.82 Å². The van der Waals surface area contributed by atoms with Gasteiger partial charge in [-0.05, 0) is 49.7 Å². The summed E-state index contributed by atoms with van der Waals surface area (Å²) in [7, 11) is -3.49. The zero-order valence-corrected chi connectivity index (χ0v) is 17.9. The third-order valence-corrected chi connectivity index (χ3v) is 6.08. The molecule has 0 bridgehead atoms. The zero-order valence-electron chi connectivity index (χ0n) is 16.4. The summed E-state index contributed by atoms with van der Waals surface area (Å²) in [5.74, 6) is -0.102. The number of nitrogens with one attached hydrogen (secondary N) is 1. The van der Waals surface area contributed by atoms with Gasteiger partial charge in [0.25, 0.3) is 5.56 Å². The van der Waals surface area contributed by atoms with Crippen molar-refractivity contribution in [2.24, 2.45) is 0 Å². The van der Waals surface area contributed by atoms with Gasteiger partial charge in [-0.1, -0.05) is 23.7 Å². The van der Waals surface area contributed by atoms with E-state index in [4.69, 9.17) is 11.6 Å². The molecule has 1 heterocycles. The van der Waals surface area contributed by atoms with Crippen LogP contribution in [0.3, 0.4) is 0 Å². The molecule has 164 valence electrons. The summed E-state index contributed by atoms with van der Waals surface area (Å²) in [6.45, 7) is 3.09. The molecule has 0 fully saturated rings. The summed E-state index contributed by atoms with van der Waals surface area (Å²) in [6, 6.07) is 10.7. The molecule has 0 unspecified atom stereocenters. The maximum absolute atomic E-state index is 13.1. The normalized spacial score (nSPS) is 12.1. The Labute approximate surface area is 181 Å². The fourth-order valence-electron chi connectivity index (χ4n) is 2.88. The smallest absolute Gasteiger partial charge is 0.284 e. The number of alkyl halides is 3. The second-order valence-corrected chi connectivity index (χ2v) is 9.06. The van der Waals surface area contributed by atoms with Crippen molar-refractivity contribution in [1.29, 1.82) is 0 Å². The van der Waals surface area contributed by atoms with Crippen LogP contribution in [-0.4, -0.2) is 24.0 Å². The minimum absolute atomic E-state index is 0.0826. The fourth-order valence-corrected chi connectivity index (χ4v) is 3.74. The topological polar surface area (TPSA) is 81.1 Å². The highest BCUT2D eigenvalue weighted by atomic mass is 35.5. The summed E-state index contributed by atoms with van der Waals surface area (Å²) in [6.07, 6.45) is -4.68. The van der Waals surface area contributed by atoms with Crippen molar-refractivity contribution in [2.75, 3.05) is 10.5 Å². The highest BCUT2D eigenvalue weighted by Crippen LogP contribution is 2.35. The van der Waals surface area contributed by atoms with Crippen LogP contribution in [0.1, 0.15) is 18.2 Å². The molecule has 1 N–H and O–H groups in total. The maximum Gasteiger partial charge on any atom is 0.417 e. The standard InChI is InChI=1S/C20H17ClF3N3O3S/c1-3-31(29,30)26-14-6-4-5-13(9-14)16-11-19(28)27(25-12(16)2)15-7-8-18(21)17(10-15)20(22,23)24/h4-11,26H,3H2,1-2H3. The van der Waals surface area contributed by atoms with Gasteiger partial charge in [0.05, 0.1) is 27.7 Å². The minimum atomic E-state index is -4.68. The molecular formula is C20H17ClF3N3O3S. The number of anilines is 1. The van der Waals surface area contributed by atoms with Crippen molar-refractivity contribution in [3.63, 3.8) is 0 Å². The molecule has 31 heavy (non-hydrogen) atoms. The lowest BCUT2D eigenvalue weighted by Gasteiger charge is -2.14. The predicted octanol–water partition coefficient (Wildman–Crippen LogP) is 4.64. The number of sulfonamides is 1. The maximum atomic E-state index is 13.1. The van der Waals surface area contributed by atoms with E-state index in [1.165, 1.54) is 19.1 Å². The molecule has 3 rings (SSSR count). The van der Waals surface area contributed by atoms with Gasteiger partial charge in [-0.2, -0.15) is 23.0 Å². The van der Waals surface area contributed by atoms with Gasteiger partial charge in [0.2, 0.25) is 10.0 Å². The molecule has 11 heteroatoms. The van der Waals surface area contributed by atoms with E-state index in [1.807, 2.05) is 0 Å². The summed E-state index contributed by atoms with van der Waals surface area (Å²) >= 11 is 5.64. The second kappa shape index (κ2) is 8.35. The monoisotopic (exact) mass is 471 g/mol. The number of benzene rings is 2. The SMILES string of the molecule is CCS(=O)(=O)Nc1cccc(-c2cc(=O)n(-c3ccc(Cl)c(C(F)(F)F)c3)nc2C)c1. The lowest BCUT2D eigenvalue weighted by atomic mass is 10.0. The average Bonchev–Trinajstić information content (AvgIpc) is 2.69. The highest BCUT2D eigenvalue weighted by molar-refractivity contribution is 7.92. The molecular weight excluding hydrogens is 455 g/mol. The Morgan fingerprint density at radius 1 is 1.13 bits per heavy atom. The lowest BCUT2D eigenvalue weighted by Crippen LogP contribution is -2.22. The number of nitrogens with zero attached hydrogens (tertiary/aromatic N) is 2. The second-order valence-electron chi connectivity index (χ2n) is 6.64. The third-order valence-electron chi connectivity index (χ3n) is 4.44. The molecule has 1 aromatic heterocycles. The summed E-state index contributed by atoms with van der Waals surface area (Å²) < 4.78 is 66.3. The number of hydrogen-bond donors (Lipinski definition) is 1. The van der Waals surface area contributed by atoms with Gasteiger partial charge in [-0.3, -0.25) is 9.52 Å². The molecule has 0 aliphatic heterocycles. The van der Waals surface area contributed by atoms with Gasteiger partial charge >= 0.3 is 6.18 Å². The Kier molecular flexibility index (Phi) is 6.15. The molecule has 0 amide bonds. The van der Waals surface area contributed by atoms with E-state index in [9.17, 15) is 26.4 Å². The van der Waals surface area contributed by atoms with Crippen LogP contribution in [0.5, 0.6) is 0 Å². The summed E-state index contributed by atoms with van der Waals surface area (Å²) in [5.41, 5.74) is -0.190. The molecule has 0 aliphatic rings. The van der Waals surface area contributed by atoms with E-state index >= 15 is 0 Å². The van der Waals surface area contributed by atoms with Crippen LogP contribution >= 0.6 is 11.6 Å². The number of aryl methyl sites for hydroxylation is 1. The minimum Gasteiger partial charge on any atom is -0.284 e. The van der Waals surface area contributed by atoms with Crippen LogP contribution in [0.25, 0.3) is 16.8 Å². The van der Waals surface area contributed by atoms with E-state index in [1.54, 1.807) is 31.2 Å². The van der Waals surface area contributed by atoms with Crippen molar-refractivity contribution in [2.45, 2.75) is 20.0 Å². The molecule has 0 aliphatic carbocycles. The first-order valence-electron chi connectivity index (χ1n) is 9.00. The van der Waals surface area contributed by atoms with Crippen LogP contribution in [0, 0.1) is 6.92 Å². The molecule has 2 aromatic carbocycles. The van der Waals surface area contributed by atoms with Gasteiger partial charge in [0.1, 0.15) is 0 Å². The Morgan fingerprint density at radius 2 is 1.84 bits per heavy atom. The van der Waals surface area contributed by atoms with E-state index in [0.717, 1.165) is 16.8 Å². The van der Waals surface area contributed by atoms with Gasteiger partial charge in [0.15, 0.2) is 0 Å². The largest absolute Gasteiger partial charge is 0.417 e. The van der Waals surface area contributed by atoms with Crippen molar-refractivity contribution in [3.05, 3.63) is 75.2 Å². The number of aromatic nitrogens is 2. The average molecular weight is 472 g/mol. The van der Waals surface area contributed by atoms with Crippen LogP contribution in [-0.2, 0) is 16.2 Å². The third kappa shape index (κ3) is 5.08. The van der Waals surface area contributed by atoms with Gasteiger partial charge in [-0.15, -0.1) is 0 Å². The van der Waals surface area contributed by atoms with E-state index in [-0.39, 0.29) is 11.4 Å². The number of rotatable bonds is 5. The predicted molar refractivity (Wildman–Crippen MR) is 113 cm³/mol. The van der Waals surface area contributed by atoms with Gasteiger partial charge in [0, 0.05) is 17.3 Å². The summed E-state index contributed by atoms with van der Waals surface area (Å²) in [5, 5.41) is 3.67. The van der Waals surface area contributed by atoms with Crippen molar-refractivity contribution in [1.82, 2.24) is 9.78 Å². The molecule has 3 aromatic rings. The fraction of sp³-hybridized carbons (Fsp3) is 0.200. The summed E-state index contributed by atoms with van der Waals surface area (Å²) in [4.78, 5) is 12.6. The van der Waals surface area contributed by atoms with Crippen molar-refractivity contribution >= 4 is 27.3 Å². The number of halogens is 4. The van der Waals surface area contributed by atoms with Gasteiger partial charge in [-0.25, -0.2) is 8.42 Å². The molecule has 0 radical (unpaired) electrons. The number of hydrogen-bond acceptors (Lipinski definition) is 4. The van der Waals surface area contributed by atoms with Crippen molar-refractivity contribution in [3.8, 4) is 16.8 Å². The molecule has 0 saturated heterocycles. The van der Waals surface area contributed by atoms with Crippen LogP contribution in [0.15, 0.2) is 53.3 Å². The van der Waals surface area contributed by atoms with Crippen LogP contribution < -0.4 is 10.3 Å². The van der Waals surface area contributed by atoms with Crippen molar-refractivity contribution < 1.29 is 21.6 Å². The Morgan fingerprint density at radius 3 is 2.48 bits per heavy atom. The van der Waals surface area contributed by atoms with Crippen LogP contribution in [0.4, 0.5) is 18.9 Å². The highest BCUT2D eigenvalue weighted by Gasteiger charge is 2.33. The van der Waals surface area contributed by atoms with Gasteiger partial charge < -0.3 is 0 Å². The van der Waals surface area contributed by atoms with E-state index in [0.29, 0.717) is 22.5 Å². The first kappa shape index (κ1) is 22.8. The quantitative estimate of drug-likeness (QED) is 0.587. The molecule has 6 nitrogen and oxygen atoms in total. The molecule has 0 atom stereocenters. The first-order valence-corrected chi connectivity index (χ1v) is 11.0. The Balaban J connectivity index is 2.06. The lowest BCUT2D eigenvalue weighted by molar-refractivity contribution is -0.137. The molecule has 0 saturated carbocycles. The van der Waals surface area contributed by atoms with E-state index < -0.39 is 32.3 Å². The first-order chi connectivity index (χ1) is 14.4. The van der Waals surface area contributed by atoms with Crippen LogP contribution in [0.2, 0.25) is 5.02 Å². The Bertz CT molecular complexity index is 1300. The Hall–Kier alpha value is -2.85.